The van der Waals surface area contributed by atoms with Gasteiger partial charge in [-0.2, -0.15) is 0 Å². The fraction of sp³-hybridized carbons (Fsp3) is 0.833. The highest BCUT2D eigenvalue weighted by molar-refractivity contribution is 5.85. The van der Waals surface area contributed by atoms with Gasteiger partial charge < -0.3 is 4.74 Å². The third-order valence-corrected chi connectivity index (χ3v) is 2.75. The zero-order valence-corrected chi connectivity index (χ0v) is 12.0. The Hall–Kier alpha value is -1.37. The lowest BCUT2D eigenvalue weighted by molar-refractivity contribution is -0.173. The number of hydroxylamine groups is 2. The largest absolute Gasteiger partial charge is 0.444 e. The second-order valence-electron chi connectivity index (χ2n) is 5.50. The summed E-state index contributed by atoms with van der Waals surface area (Å²) in [5.41, 5.74) is -0.688. The molecule has 1 rings (SSSR count). The van der Waals surface area contributed by atoms with E-state index in [4.69, 9.17) is 9.57 Å². The lowest BCUT2D eigenvalue weighted by Gasteiger charge is -2.29. The maximum atomic E-state index is 13.5. The lowest BCUT2D eigenvalue weighted by Crippen LogP contribution is -2.47. The second-order valence-corrected chi connectivity index (χ2v) is 5.50. The van der Waals surface area contributed by atoms with Crippen LogP contribution in [0.25, 0.3) is 0 Å². The van der Waals surface area contributed by atoms with Crippen LogP contribution in [-0.4, -0.2) is 60.5 Å². The van der Waals surface area contributed by atoms with Crippen molar-refractivity contribution in [3.8, 4) is 0 Å². The topological polar surface area (TPSA) is 59.1 Å². The van der Waals surface area contributed by atoms with Crippen molar-refractivity contribution in [3.63, 3.8) is 0 Å². The predicted octanol–water partition coefficient (Wildman–Crippen LogP) is 1.35. The van der Waals surface area contributed by atoms with Crippen molar-refractivity contribution in [2.45, 2.75) is 45.0 Å². The first-order valence-electron chi connectivity index (χ1n) is 6.11. The number of rotatable bonds is 2. The number of hydrogen-bond acceptors (Lipinski definition) is 4. The van der Waals surface area contributed by atoms with Crippen molar-refractivity contribution >= 4 is 12.0 Å². The number of halogens is 1. The molecule has 0 bridgehead atoms. The molecule has 0 spiro atoms. The zero-order valence-electron chi connectivity index (χ0n) is 12.0. The average Bonchev–Trinajstić information content (AvgIpc) is 2.67. The summed E-state index contributed by atoms with van der Waals surface area (Å²) in [6.07, 6.45) is -1.95. The minimum Gasteiger partial charge on any atom is -0.444 e. The fourth-order valence-corrected chi connectivity index (χ4v) is 1.84. The van der Waals surface area contributed by atoms with Gasteiger partial charge in [0.2, 0.25) is 0 Å². The third-order valence-electron chi connectivity index (χ3n) is 2.75. The molecule has 0 saturated carbocycles. The fourth-order valence-electron chi connectivity index (χ4n) is 1.84. The van der Waals surface area contributed by atoms with E-state index in [0.29, 0.717) is 0 Å². The summed E-state index contributed by atoms with van der Waals surface area (Å²) in [6, 6.07) is -0.880. The maximum absolute atomic E-state index is 13.5. The molecule has 7 heteroatoms. The van der Waals surface area contributed by atoms with E-state index in [1.54, 1.807) is 20.8 Å². The van der Waals surface area contributed by atoms with E-state index in [-0.39, 0.29) is 13.0 Å². The highest BCUT2D eigenvalue weighted by atomic mass is 19.1. The van der Waals surface area contributed by atoms with Gasteiger partial charge in [0.05, 0.1) is 13.7 Å². The summed E-state index contributed by atoms with van der Waals surface area (Å²) in [6.45, 7) is 5.01. The molecule has 0 unspecified atom stereocenters. The van der Waals surface area contributed by atoms with Gasteiger partial charge in [-0.1, -0.05) is 0 Å². The number of nitrogens with zero attached hydrogens (tertiary/aromatic N) is 2. The Kier molecular flexibility index (Phi) is 4.73. The van der Waals surface area contributed by atoms with Crippen molar-refractivity contribution in [1.82, 2.24) is 9.96 Å². The van der Waals surface area contributed by atoms with Crippen molar-refractivity contribution in [2.24, 2.45) is 0 Å². The number of ether oxygens (including phenoxy) is 1. The number of amides is 2. The van der Waals surface area contributed by atoms with Gasteiger partial charge in [0.15, 0.2) is 0 Å². The second kappa shape index (κ2) is 5.73. The average molecular weight is 276 g/mol. The van der Waals surface area contributed by atoms with Gasteiger partial charge in [-0.15, -0.1) is 0 Å². The van der Waals surface area contributed by atoms with E-state index in [1.165, 1.54) is 14.2 Å². The molecular weight excluding hydrogens is 255 g/mol. The summed E-state index contributed by atoms with van der Waals surface area (Å²) in [4.78, 5) is 29.8. The van der Waals surface area contributed by atoms with Crippen LogP contribution in [0.5, 0.6) is 0 Å². The first-order chi connectivity index (χ1) is 8.65. The van der Waals surface area contributed by atoms with E-state index >= 15 is 0 Å². The van der Waals surface area contributed by atoms with Crippen LogP contribution in [0.3, 0.4) is 0 Å². The monoisotopic (exact) mass is 276 g/mol. The Labute approximate surface area is 112 Å². The van der Waals surface area contributed by atoms with Gasteiger partial charge in [0.25, 0.3) is 5.91 Å². The molecule has 0 aromatic heterocycles. The summed E-state index contributed by atoms with van der Waals surface area (Å²) in [5, 5.41) is 0.986. The van der Waals surface area contributed by atoms with Gasteiger partial charge in [0.1, 0.15) is 17.8 Å². The van der Waals surface area contributed by atoms with Crippen LogP contribution in [0.15, 0.2) is 0 Å². The molecule has 110 valence electrons. The van der Waals surface area contributed by atoms with Crippen molar-refractivity contribution in [2.75, 3.05) is 20.7 Å². The molecule has 1 heterocycles. The predicted molar refractivity (Wildman–Crippen MR) is 66.0 cm³/mol. The van der Waals surface area contributed by atoms with Crippen LogP contribution in [0.1, 0.15) is 27.2 Å². The number of carbonyl (C=O) groups is 2. The molecule has 1 saturated heterocycles. The Bertz CT molecular complexity index is 356. The van der Waals surface area contributed by atoms with Crippen LogP contribution in [0.2, 0.25) is 0 Å². The first-order valence-corrected chi connectivity index (χ1v) is 6.11. The summed E-state index contributed by atoms with van der Waals surface area (Å²) >= 11 is 0. The van der Waals surface area contributed by atoms with Gasteiger partial charge in [-0.05, 0) is 20.8 Å². The summed E-state index contributed by atoms with van der Waals surface area (Å²) < 4.78 is 18.7. The van der Waals surface area contributed by atoms with E-state index in [0.717, 1.165) is 9.96 Å². The molecule has 0 aromatic carbocycles. The molecule has 0 radical (unpaired) electrons. The Morgan fingerprint density at radius 1 is 1.37 bits per heavy atom. The van der Waals surface area contributed by atoms with Gasteiger partial charge in [-0.25, -0.2) is 14.2 Å². The molecule has 0 aromatic rings. The van der Waals surface area contributed by atoms with Crippen LogP contribution in [-0.2, 0) is 14.4 Å². The summed E-state index contributed by atoms with van der Waals surface area (Å²) in [5.74, 6) is -0.464. The summed E-state index contributed by atoms with van der Waals surface area (Å²) in [7, 11) is 2.75. The Morgan fingerprint density at radius 3 is 2.42 bits per heavy atom. The van der Waals surface area contributed by atoms with Gasteiger partial charge in [-0.3, -0.25) is 14.5 Å². The smallest absolute Gasteiger partial charge is 0.411 e. The van der Waals surface area contributed by atoms with Gasteiger partial charge >= 0.3 is 6.09 Å². The number of alkyl halides is 1. The molecule has 6 nitrogen and oxygen atoms in total. The van der Waals surface area contributed by atoms with E-state index < -0.39 is 29.8 Å². The Morgan fingerprint density at radius 2 is 1.95 bits per heavy atom. The van der Waals surface area contributed by atoms with Crippen LogP contribution < -0.4 is 0 Å². The molecule has 0 N–H and O–H groups in total. The number of likely N-dealkylation sites (N-methyl/N-ethyl adjacent to an activating group) is 1. The van der Waals surface area contributed by atoms with E-state index in [1.807, 2.05) is 0 Å². The molecule has 1 aliphatic heterocycles. The molecule has 19 heavy (non-hydrogen) atoms. The zero-order chi connectivity index (χ0) is 14.8. The normalized spacial score (nSPS) is 23.4. The van der Waals surface area contributed by atoms with Crippen molar-refractivity contribution < 1.29 is 23.6 Å². The quantitative estimate of drug-likeness (QED) is 0.714. The minimum absolute atomic E-state index is 0.0359. The Balaban J connectivity index is 2.80. The molecule has 2 atom stereocenters. The minimum atomic E-state index is -1.23. The highest BCUT2D eigenvalue weighted by Gasteiger charge is 2.42. The number of hydrogen-bond donors (Lipinski definition) is 0. The van der Waals surface area contributed by atoms with Gasteiger partial charge in [0, 0.05) is 13.5 Å². The standard InChI is InChI=1S/C12H21FN2O4/c1-12(2,3)19-11(17)15-7-8(13)6-9(15)10(16)14(4)18-5/h8-9H,6-7H2,1-5H3/t8-,9+/m0/s1. The third kappa shape index (κ3) is 4.05. The molecule has 2 amide bonds. The molecule has 1 aliphatic rings. The number of carbonyl (C=O) groups excluding carboxylic acids is 2. The van der Waals surface area contributed by atoms with Crippen molar-refractivity contribution in [3.05, 3.63) is 0 Å². The van der Waals surface area contributed by atoms with Crippen LogP contribution >= 0.6 is 0 Å². The first kappa shape index (κ1) is 15.7. The lowest BCUT2D eigenvalue weighted by atomic mass is 10.2. The van der Waals surface area contributed by atoms with Crippen LogP contribution in [0.4, 0.5) is 9.18 Å². The number of likely N-dealkylation sites (tertiary alicyclic amines) is 1. The molecule has 1 fully saturated rings. The van der Waals surface area contributed by atoms with E-state index in [9.17, 15) is 14.0 Å². The highest BCUT2D eigenvalue weighted by Crippen LogP contribution is 2.24. The van der Waals surface area contributed by atoms with E-state index in [2.05, 4.69) is 0 Å². The molecular formula is C12H21FN2O4. The van der Waals surface area contributed by atoms with Crippen molar-refractivity contribution in [1.29, 1.82) is 0 Å². The molecule has 0 aliphatic carbocycles. The maximum Gasteiger partial charge on any atom is 0.411 e. The SMILES string of the molecule is CON(C)C(=O)[C@H]1C[C@H](F)CN1C(=O)OC(C)(C)C. The van der Waals surface area contributed by atoms with Crippen LogP contribution in [0, 0.1) is 0 Å².